The van der Waals surface area contributed by atoms with Gasteiger partial charge in [0.2, 0.25) is 0 Å². The quantitative estimate of drug-likeness (QED) is 0.380. The van der Waals surface area contributed by atoms with Crippen LogP contribution in [0, 0.1) is 3.57 Å². The number of phenolic OH excluding ortho intramolecular Hbond substituents is 1. The van der Waals surface area contributed by atoms with E-state index in [4.69, 9.17) is 0 Å². The van der Waals surface area contributed by atoms with Gasteiger partial charge >= 0.3 is 5.97 Å². The SMILES string of the molecule is COC(=O)[C@H](C)N1C(=O)S/C(=C\c2cc(Br)cc(I)c2O)C1=O. The van der Waals surface area contributed by atoms with Gasteiger partial charge in [-0.2, -0.15) is 0 Å². The van der Waals surface area contributed by atoms with Crippen molar-refractivity contribution in [2.24, 2.45) is 0 Å². The molecule has 1 saturated heterocycles. The fourth-order valence-electron chi connectivity index (χ4n) is 1.93. The Labute approximate surface area is 158 Å². The number of esters is 1. The van der Waals surface area contributed by atoms with Crippen molar-refractivity contribution in [1.29, 1.82) is 0 Å². The highest BCUT2D eigenvalue weighted by Crippen LogP contribution is 2.37. The molecule has 1 aliphatic rings. The number of ether oxygens (including phenoxy) is 1. The van der Waals surface area contributed by atoms with Crippen molar-refractivity contribution in [3.63, 3.8) is 0 Å². The fraction of sp³-hybridized carbons (Fsp3) is 0.214. The monoisotopic (exact) mass is 511 g/mol. The Morgan fingerprint density at radius 3 is 2.74 bits per heavy atom. The lowest BCUT2D eigenvalue weighted by molar-refractivity contribution is -0.148. The standard InChI is InChI=1S/C14H11BrINO5S/c1-6(13(20)22-2)17-12(19)10(23-14(17)21)4-7-3-8(15)5-9(16)11(7)18/h3-6,18H,1-2H3/b10-4-/t6-/m0/s1. The summed E-state index contributed by atoms with van der Waals surface area (Å²) in [7, 11) is 1.19. The van der Waals surface area contributed by atoms with Gasteiger partial charge < -0.3 is 9.84 Å². The molecule has 1 aromatic rings. The number of rotatable bonds is 3. The van der Waals surface area contributed by atoms with Gasteiger partial charge in [-0.25, -0.2) is 4.79 Å². The highest BCUT2D eigenvalue weighted by Gasteiger charge is 2.41. The lowest BCUT2D eigenvalue weighted by atomic mass is 10.2. The number of benzene rings is 1. The molecule has 0 aliphatic carbocycles. The van der Waals surface area contributed by atoms with Gasteiger partial charge in [0.15, 0.2) is 0 Å². The molecule has 0 aromatic heterocycles. The van der Waals surface area contributed by atoms with Crippen LogP contribution >= 0.6 is 50.3 Å². The van der Waals surface area contributed by atoms with Crippen molar-refractivity contribution >= 4 is 73.5 Å². The van der Waals surface area contributed by atoms with Gasteiger partial charge in [-0.15, -0.1) is 0 Å². The average Bonchev–Trinajstić information content (AvgIpc) is 2.77. The zero-order chi connectivity index (χ0) is 17.3. The molecule has 1 N–H and O–H groups in total. The zero-order valence-electron chi connectivity index (χ0n) is 12.0. The minimum atomic E-state index is -1.00. The summed E-state index contributed by atoms with van der Waals surface area (Å²) in [4.78, 5) is 36.9. The molecular formula is C14H11BrINO5S. The van der Waals surface area contributed by atoms with E-state index in [1.54, 1.807) is 12.1 Å². The molecule has 0 saturated carbocycles. The van der Waals surface area contributed by atoms with E-state index in [1.807, 2.05) is 22.6 Å². The van der Waals surface area contributed by atoms with Crippen molar-refractivity contribution in [2.75, 3.05) is 7.11 Å². The van der Waals surface area contributed by atoms with Crippen LogP contribution < -0.4 is 0 Å². The zero-order valence-corrected chi connectivity index (χ0v) is 16.6. The highest BCUT2D eigenvalue weighted by molar-refractivity contribution is 14.1. The molecule has 1 aliphatic heterocycles. The maximum Gasteiger partial charge on any atom is 0.328 e. The van der Waals surface area contributed by atoms with Crippen LogP contribution in [0.1, 0.15) is 12.5 Å². The Morgan fingerprint density at radius 2 is 2.13 bits per heavy atom. The molecule has 6 nitrogen and oxygen atoms in total. The van der Waals surface area contributed by atoms with Crippen LogP contribution in [0.2, 0.25) is 0 Å². The summed E-state index contributed by atoms with van der Waals surface area (Å²) in [6.45, 7) is 1.42. The van der Waals surface area contributed by atoms with Crippen molar-refractivity contribution in [2.45, 2.75) is 13.0 Å². The van der Waals surface area contributed by atoms with E-state index in [0.717, 1.165) is 9.37 Å². The normalized spacial score (nSPS) is 17.7. The minimum Gasteiger partial charge on any atom is -0.506 e. The van der Waals surface area contributed by atoms with E-state index in [0.29, 0.717) is 20.9 Å². The third kappa shape index (κ3) is 3.72. The van der Waals surface area contributed by atoms with Gasteiger partial charge in [0.25, 0.3) is 11.1 Å². The van der Waals surface area contributed by atoms with Gasteiger partial charge in [-0.05, 0) is 59.5 Å². The topological polar surface area (TPSA) is 83.9 Å². The van der Waals surface area contributed by atoms with Crippen molar-refractivity contribution in [1.82, 2.24) is 4.90 Å². The average molecular weight is 512 g/mol. The molecule has 9 heteroatoms. The first-order valence-corrected chi connectivity index (χ1v) is 8.98. The molecule has 0 spiro atoms. The van der Waals surface area contributed by atoms with E-state index >= 15 is 0 Å². The second-order valence-electron chi connectivity index (χ2n) is 4.58. The highest BCUT2D eigenvalue weighted by atomic mass is 127. The summed E-state index contributed by atoms with van der Waals surface area (Å²) in [6.07, 6.45) is 1.43. The fourth-order valence-corrected chi connectivity index (χ4v) is 4.38. The number of hydrogen-bond donors (Lipinski definition) is 1. The Bertz CT molecular complexity index is 736. The van der Waals surface area contributed by atoms with Crippen LogP contribution in [0.4, 0.5) is 4.79 Å². The van der Waals surface area contributed by atoms with E-state index in [2.05, 4.69) is 20.7 Å². The van der Waals surface area contributed by atoms with E-state index in [9.17, 15) is 19.5 Å². The number of amides is 2. The number of methoxy groups -OCH3 is 1. The van der Waals surface area contributed by atoms with E-state index in [1.165, 1.54) is 20.1 Å². The van der Waals surface area contributed by atoms with Gasteiger partial charge in [0, 0.05) is 10.0 Å². The van der Waals surface area contributed by atoms with E-state index < -0.39 is 23.2 Å². The number of carbonyl (C=O) groups is 3. The number of thioether (sulfide) groups is 1. The first-order chi connectivity index (χ1) is 10.8. The number of hydrogen-bond acceptors (Lipinski definition) is 6. The number of carbonyl (C=O) groups excluding carboxylic acids is 3. The number of nitrogens with zero attached hydrogens (tertiary/aromatic N) is 1. The molecule has 0 radical (unpaired) electrons. The lowest BCUT2D eigenvalue weighted by Crippen LogP contribution is -2.42. The summed E-state index contributed by atoms with van der Waals surface area (Å²) >= 11 is 5.99. The van der Waals surface area contributed by atoms with Crippen LogP contribution in [-0.2, 0) is 14.3 Å². The summed E-state index contributed by atoms with van der Waals surface area (Å²) < 4.78 is 5.90. The third-order valence-corrected chi connectivity index (χ3v) is 5.26. The molecule has 1 atom stereocenters. The van der Waals surface area contributed by atoms with Crippen molar-refractivity contribution in [3.05, 3.63) is 30.6 Å². The Balaban J connectivity index is 2.38. The second-order valence-corrected chi connectivity index (χ2v) is 7.65. The van der Waals surface area contributed by atoms with Gasteiger partial charge in [-0.3, -0.25) is 14.5 Å². The first-order valence-electron chi connectivity index (χ1n) is 6.29. The molecule has 1 heterocycles. The summed E-state index contributed by atoms with van der Waals surface area (Å²) in [5, 5.41) is 9.52. The smallest absolute Gasteiger partial charge is 0.328 e. The predicted molar refractivity (Wildman–Crippen MR) is 97.8 cm³/mol. The number of halogens is 2. The van der Waals surface area contributed by atoms with Crippen molar-refractivity contribution < 1.29 is 24.2 Å². The summed E-state index contributed by atoms with van der Waals surface area (Å²) in [6, 6.07) is 2.35. The maximum absolute atomic E-state index is 12.4. The van der Waals surface area contributed by atoms with Crippen LogP contribution in [0.25, 0.3) is 6.08 Å². The third-order valence-electron chi connectivity index (χ3n) is 3.10. The van der Waals surface area contributed by atoms with Crippen LogP contribution in [0.15, 0.2) is 21.5 Å². The number of phenols is 1. The lowest BCUT2D eigenvalue weighted by Gasteiger charge is -2.18. The Kier molecular flexibility index (Phi) is 5.74. The van der Waals surface area contributed by atoms with Crippen LogP contribution in [-0.4, -0.2) is 40.3 Å². The van der Waals surface area contributed by atoms with Gasteiger partial charge in [-0.1, -0.05) is 15.9 Å². The molecule has 0 bridgehead atoms. The minimum absolute atomic E-state index is 0.0154. The Morgan fingerprint density at radius 1 is 1.48 bits per heavy atom. The maximum atomic E-state index is 12.4. The summed E-state index contributed by atoms with van der Waals surface area (Å²) in [5.74, 6) is -1.25. The molecule has 2 rings (SSSR count). The van der Waals surface area contributed by atoms with Crippen LogP contribution in [0.5, 0.6) is 5.75 Å². The summed E-state index contributed by atoms with van der Waals surface area (Å²) in [5.41, 5.74) is 0.403. The second kappa shape index (κ2) is 7.22. The molecular weight excluding hydrogens is 501 g/mol. The van der Waals surface area contributed by atoms with Gasteiger partial charge in [0.1, 0.15) is 11.8 Å². The van der Waals surface area contributed by atoms with Crippen molar-refractivity contribution in [3.8, 4) is 5.75 Å². The Hall–Kier alpha value is -1.07. The van der Waals surface area contributed by atoms with Crippen LogP contribution in [0.3, 0.4) is 0 Å². The molecule has 23 heavy (non-hydrogen) atoms. The molecule has 1 aromatic carbocycles. The molecule has 0 unspecified atom stereocenters. The van der Waals surface area contributed by atoms with E-state index in [-0.39, 0.29) is 10.7 Å². The molecule has 2 amide bonds. The first kappa shape index (κ1) is 18.3. The largest absolute Gasteiger partial charge is 0.506 e. The predicted octanol–water partition coefficient (Wildman–Crippen LogP) is 3.36. The molecule has 1 fully saturated rings. The molecule has 122 valence electrons. The number of imide groups is 1. The van der Waals surface area contributed by atoms with Gasteiger partial charge in [0.05, 0.1) is 15.6 Å². The number of aromatic hydroxyl groups is 1.